The van der Waals surface area contributed by atoms with E-state index in [0.29, 0.717) is 12.1 Å². The van der Waals surface area contributed by atoms with Crippen LogP contribution in [0.15, 0.2) is 18.2 Å². The molecule has 0 bridgehead atoms. The molecule has 0 aliphatic heterocycles. The molecule has 0 saturated heterocycles. The topological polar surface area (TPSA) is 55.1 Å². The number of carbonyl (C=O) groups is 1. The van der Waals surface area contributed by atoms with E-state index in [4.69, 9.17) is 17.3 Å². The molecule has 0 saturated carbocycles. The summed E-state index contributed by atoms with van der Waals surface area (Å²) in [6.45, 7) is 1.90. The second-order valence-corrected chi connectivity index (χ2v) is 4.45. The van der Waals surface area contributed by atoms with Gasteiger partial charge < -0.3 is 11.1 Å². The zero-order valence-electron chi connectivity index (χ0n) is 9.67. The molecule has 1 atom stereocenters. The second-order valence-electron chi connectivity index (χ2n) is 4.05. The van der Waals surface area contributed by atoms with Crippen LogP contribution >= 0.6 is 11.6 Å². The Kier molecular flexibility index (Phi) is 5.38. The highest BCUT2D eigenvalue weighted by Crippen LogP contribution is 2.18. The highest BCUT2D eigenvalue weighted by atomic mass is 35.5. The van der Waals surface area contributed by atoms with Crippen LogP contribution in [0.25, 0.3) is 0 Å². The number of carbonyl (C=O) groups excluding carboxylic acids is 1. The minimum atomic E-state index is -0.542. The summed E-state index contributed by atoms with van der Waals surface area (Å²) in [7, 11) is 0. The number of hydrogen-bond donors (Lipinski definition) is 2. The summed E-state index contributed by atoms with van der Waals surface area (Å²) in [5, 5.41) is 2.65. The molecule has 3 N–H and O–H groups in total. The fourth-order valence-electron chi connectivity index (χ4n) is 1.38. The lowest BCUT2D eigenvalue weighted by atomic mass is 10.1. The van der Waals surface area contributed by atoms with Crippen molar-refractivity contribution in [2.24, 2.45) is 5.73 Å². The SMILES string of the molecule is CC(N)CCCC(=O)Nc1ccc(Cl)c(F)c1. The van der Waals surface area contributed by atoms with E-state index in [2.05, 4.69) is 5.32 Å². The van der Waals surface area contributed by atoms with Crippen molar-refractivity contribution >= 4 is 23.2 Å². The molecule has 0 heterocycles. The average molecular weight is 259 g/mol. The summed E-state index contributed by atoms with van der Waals surface area (Å²) in [5.74, 6) is -0.688. The van der Waals surface area contributed by atoms with Crippen molar-refractivity contribution in [2.75, 3.05) is 5.32 Å². The first kappa shape index (κ1) is 13.9. The van der Waals surface area contributed by atoms with Gasteiger partial charge in [0.1, 0.15) is 5.82 Å². The van der Waals surface area contributed by atoms with Gasteiger partial charge >= 0.3 is 0 Å². The third kappa shape index (κ3) is 5.15. The van der Waals surface area contributed by atoms with Gasteiger partial charge in [0, 0.05) is 18.2 Å². The fraction of sp³-hybridized carbons (Fsp3) is 0.417. The molecule has 0 fully saturated rings. The minimum Gasteiger partial charge on any atom is -0.328 e. The third-order valence-corrected chi connectivity index (χ3v) is 2.57. The molecule has 0 radical (unpaired) electrons. The molecule has 1 amide bonds. The first-order valence-electron chi connectivity index (χ1n) is 5.49. The minimum absolute atomic E-state index is 0.0416. The van der Waals surface area contributed by atoms with Gasteiger partial charge in [-0.15, -0.1) is 0 Å². The quantitative estimate of drug-likeness (QED) is 0.853. The zero-order valence-corrected chi connectivity index (χ0v) is 10.4. The lowest BCUT2D eigenvalue weighted by Gasteiger charge is -2.07. The Balaban J connectivity index is 2.42. The number of halogens is 2. The average Bonchev–Trinajstić information content (AvgIpc) is 2.23. The normalized spacial score (nSPS) is 12.2. The van der Waals surface area contributed by atoms with Gasteiger partial charge in [-0.1, -0.05) is 11.6 Å². The van der Waals surface area contributed by atoms with Gasteiger partial charge in [-0.3, -0.25) is 4.79 Å². The maximum absolute atomic E-state index is 13.1. The van der Waals surface area contributed by atoms with Gasteiger partial charge in [0.2, 0.25) is 5.91 Å². The maximum Gasteiger partial charge on any atom is 0.224 e. The Bertz CT molecular complexity index is 396. The Morgan fingerprint density at radius 1 is 1.59 bits per heavy atom. The van der Waals surface area contributed by atoms with Crippen molar-refractivity contribution < 1.29 is 9.18 Å². The van der Waals surface area contributed by atoms with E-state index in [9.17, 15) is 9.18 Å². The molecular formula is C12H16ClFN2O. The summed E-state index contributed by atoms with van der Waals surface area (Å²) in [6, 6.07) is 4.27. The molecule has 17 heavy (non-hydrogen) atoms. The highest BCUT2D eigenvalue weighted by molar-refractivity contribution is 6.30. The lowest BCUT2D eigenvalue weighted by Crippen LogP contribution is -2.16. The van der Waals surface area contributed by atoms with Gasteiger partial charge in [0.05, 0.1) is 5.02 Å². The Morgan fingerprint density at radius 2 is 2.29 bits per heavy atom. The van der Waals surface area contributed by atoms with Crippen LogP contribution in [-0.2, 0) is 4.79 Å². The van der Waals surface area contributed by atoms with E-state index in [-0.39, 0.29) is 17.0 Å². The zero-order chi connectivity index (χ0) is 12.8. The Hall–Kier alpha value is -1.13. The number of benzene rings is 1. The molecule has 1 unspecified atom stereocenters. The fourth-order valence-corrected chi connectivity index (χ4v) is 1.50. The van der Waals surface area contributed by atoms with E-state index < -0.39 is 5.82 Å². The van der Waals surface area contributed by atoms with Crippen LogP contribution in [0.1, 0.15) is 26.2 Å². The largest absolute Gasteiger partial charge is 0.328 e. The van der Waals surface area contributed by atoms with Crippen molar-refractivity contribution in [3.63, 3.8) is 0 Å². The number of hydrogen-bond acceptors (Lipinski definition) is 2. The van der Waals surface area contributed by atoms with Crippen LogP contribution in [-0.4, -0.2) is 11.9 Å². The predicted octanol–water partition coefficient (Wildman–Crippen LogP) is 2.94. The molecule has 94 valence electrons. The van der Waals surface area contributed by atoms with Crippen molar-refractivity contribution in [2.45, 2.75) is 32.2 Å². The van der Waals surface area contributed by atoms with Gasteiger partial charge in [0.15, 0.2) is 0 Å². The first-order valence-corrected chi connectivity index (χ1v) is 5.87. The van der Waals surface area contributed by atoms with Crippen molar-refractivity contribution in [3.05, 3.63) is 29.0 Å². The Labute approximate surface area is 105 Å². The predicted molar refractivity (Wildman–Crippen MR) is 67.5 cm³/mol. The maximum atomic E-state index is 13.1. The molecule has 0 aliphatic rings. The standard InChI is InChI=1S/C12H16ClFN2O/c1-8(15)3-2-4-12(17)16-9-5-6-10(13)11(14)7-9/h5-8H,2-4,15H2,1H3,(H,16,17). The summed E-state index contributed by atoms with van der Waals surface area (Å²) in [5.41, 5.74) is 5.99. The van der Waals surface area contributed by atoms with E-state index in [1.807, 2.05) is 6.92 Å². The van der Waals surface area contributed by atoms with E-state index in [1.54, 1.807) is 6.07 Å². The molecular weight excluding hydrogens is 243 g/mol. The monoisotopic (exact) mass is 258 g/mol. The molecule has 1 aromatic rings. The van der Waals surface area contributed by atoms with Crippen LogP contribution in [0.4, 0.5) is 10.1 Å². The van der Waals surface area contributed by atoms with Gasteiger partial charge in [-0.2, -0.15) is 0 Å². The van der Waals surface area contributed by atoms with Crippen LogP contribution in [0.5, 0.6) is 0 Å². The smallest absolute Gasteiger partial charge is 0.224 e. The Morgan fingerprint density at radius 3 is 2.88 bits per heavy atom. The molecule has 0 aliphatic carbocycles. The summed E-state index contributed by atoms with van der Waals surface area (Å²) >= 11 is 5.53. The van der Waals surface area contributed by atoms with Crippen molar-refractivity contribution in [3.8, 4) is 0 Å². The molecule has 3 nitrogen and oxygen atoms in total. The van der Waals surface area contributed by atoms with Crippen LogP contribution < -0.4 is 11.1 Å². The second kappa shape index (κ2) is 6.57. The van der Waals surface area contributed by atoms with Crippen LogP contribution in [0, 0.1) is 5.82 Å². The van der Waals surface area contributed by atoms with E-state index in [0.717, 1.165) is 12.8 Å². The third-order valence-electron chi connectivity index (χ3n) is 2.27. The van der Waals surface area contributed by atoms with E-state index >= 15 is 0 Å². The van der Waals surface area contributed by atoms with Crippen molar-refractivity contribution in [1.82, 2.24) is 0 Å². The molecule has 1 aromatic carbocycles. The number of nitrogens with two attached hydrogens (primary N) is 1. The van der Waals surface area contributed by atoms with Gasteiger partial charge in [-0.05, 0) is 38.0 Å². The number of amides is 1. The first-order chi connectivity index (χ1) is 7.99. The van der Waals surface area contributed by atoms with E-state index in [1.165, 1.54) is 12.1 Å². The van der Waals surface area contributed by atoms with Gasteiger partial charge in [-0.25, -0.2) is 4.39 Å². The lowest BCUT2D eigenvalue weighted by molar-refractivity contribution is -0.116. The van der Waals surface area contributed by atoms with Crippen LogP contribution in [0.3, 0.4) is 0 Å². The summed E-state index contributed by atoms with van der Waals surface area (Å²) < 4.78 is 13.1. The van der Waals surface area contributed by atoms with Crippen molar-refractivity contribution in [1.29, 1.82) is 0 Å². The number of anilines is 1. The molecule has 1 rings (SSSR count). The summed E-state index contributed by atoms with van der Waals surface area (Å²) in [4.78, 5) is 11.5. The number of nitrogens with one attached hydrogen (secondary N) is 1. The summed E-state index contributed by atoms with van der Waals surface area (Å²) in [6.07, 6.45) is 1.90. The highest BCUT2D eigenvalue weighted by Gasteiger charge is 2.05. The molecule has 5 heteroatoms. The number of rotatable bonds is 5. The molecule has 0 spiro atoms. The molecule has 0 aromatic heterocycles. The van der Waals surface area contributed by atoms with Crippen LogP contribution in [0.2, 0.25) is 5.02 Å². The van der Waals surface area contributed by atoms with Gasteiger partial charge in [0.25, 0.3) is 0 Å².